The first kappa shape index (κ1) is 32.2. The van der Waals surface area contributed by atoms with Crippen LogP contribution in [0.4, 0.5) is 0 Å². The standard InChI is InChI=1S/C57H38/c1-57(2)51-33-31-37-15-4-6-18-41(37)54(51)55-44-20-8-7-19-42(44)50-34-39(30-32-49(50)56(55)57)35-26-28-38(29-27-35)52-45-21-9-11-23-47(45)53(48-24-12-10-22-46(48)52)43-25-13-16-36-14-3-5-17-40(36)43/h3-34H,1-2H3. The largest absolute Gasteiger partial charge is 0.0616 e. The third kappa shape index (κ3) is 4.56. The van der Waals surface area contributed by atoms with Crippen LogP contribution in [0.3, 0.4) is 0 Å². The van der Waals surface area contributed by atoms with Gasteiger partial charge in [-0.15, -0.1) is 0 Å². The summed E-state index contributed by atoms with van der Waals surface area (Å²) in [6.07, 6.45) is 0. The summed E-state index contributed by atoms with van der Waals surface area (Å²) in [5.41, 5.74) is 13.1. The monoisotopic (exact) mass is 722 g/mol. The van der Waals surface area contributed by atoms with Crippen molar-refractivity contribution in [1.29, 1.82) is 0 Å². The van der Waals surface area contributed by atoms with E-state index in [1.165, 1.54) is 120 Å². The topological polar surface area (TPSA) is 0 Å². The Kier molecular flexibility index (Phi) is 6.78. The Morgan fingerprint density at radius 1 is 0.281 bits per heavy atom. The van der Waals surface area contributed by atoms with Gasteiger partial charge in [0.25, 0.3) is 0 Å². The van der Waals surface area contributed by atoms with Crippen LogP contribution in [0.2, 0.25) is 0 Å². The van der Waals surface area contributed by atoms with Gasteiger partial charge in [-0.2, -0.15) is 0 Å². The van der Waals surface area contributed by atoms with Crippen LogP contribution < -0.4 is 0 Å². The van der Waals surface area contributed by atoms with Crippen LogP contribution in [0.1, 0.15) is 25.0 Å². The molecule has 1 aliphatic rings. The van der Waals surface area contributed by atoms with Gasteiger partial charge in [-0.05, 0) is 126 Å². The Hall–Kier alpha value is -7.02. The number of benzene rings is 11. The average molecular weight is 723 g/mol. The van der Waals surface area contributed by atoms with Gasteiger partial charge < -0.3 is 0 Å². The Bertz CT molecular complexity index is 3410. The molecule has 0 radical (unpaired) electrons. The lowest BCUT2D eigenvalue weighted by atomic mass is 9.79. The van der Waals surface area contributed by atoms with Gasteiger partial charge in [-0.3, -0.25) is 0 Å². The van der Waals surface area contributed by atoms with Crippen molar-refractivity contribution < 1.29 is 0 Å². The maximum atomic E-state index is 2.44. The number of fused-ring (bicyclic) bond motifs is 13. The van der Waals surface area contributed by atoms with Gasteiger partial charge in [0.2, 0.25) is 0 Å². The molecule has 0 spiro atoms. The van der Waals surface area contributed by atoms with Crippen molar-refractivity contribution in [1.82, 2.24) is 0 Å². The summed E-state index contributed by atoms with van der Waals surface area (Å²) in [6.45, 7) is 4.82. The van der Waals surface area contributed by atoms with Gasteiger partial charge >= 0.3 is 0 Å². The van der Waals surface area contributed by atoms with Crippen LogP contribution in [0.25, 0.3) is 109 Å². The van der Waals surface area contributed by atoms with E-state index in [9.17, 15) is 0 Å². The summed E-state index contributed by atoms with van der Waals surface area (Å²) in [7, 11) is 0. The van der Waals surface area contributed by atoms with Crippen molar-refractivity contribution in [2.45, 2.75) is 19.3 Å². The smallest absolute Gasteiger partial charge is 0.0165 e. The zero-order chi connectivity index (χ0) is 37.8. The molecule has 0 N–H and O–H groups in total. The summed E-state index contributed by atoms with van der Waals surface area (Å²) in [4.78, 5) is 0. The van der Waals surface area contributed by atoms with Crippen LogP contribution in [0.5, 0.6) is 0 Å². The molecule has 0 saturated heterocycles. The Morgan fingerprint density at radius 2 is 0.772 bits per heavy atom. The van der Waals surface area contributed by atoms with E-state index in [0.717, 1.165) is 0 Å². The maximum Gasteiger partial charge on any atom is 0.0165 e. The molecule has 0 heterocycles. The first-order chi connectivity index (χ1) is 28.1. The molecule has 0 amide bonds. The number of rotatable bonds is 3. The minimum Gasteiger partial charge on any atom is -0.0616 e. The Morgan fingerprint density at radius 3 is 1.44 bits per heavy atom. The predicted molar refractivity (Wildman–Crippen MR) is 245 cm³/mol. The van der Waals surface area contributed by atoms with Crippen molar-refractivity contribution in [3.63, 3.8) is 0 Å². The van der Waals surface area contributed by atoms with Crippen LogP contribution in [0, 0.1) is 0 Å². The highest BCUT2D eigenvalue weighted by Gasteiger charge is 2.39. The third-order valence-corrected chi connectivity index (χ3v) is 13.0. The lowest BCUT2D eigenvalue weighted by Crippen LogP contribution is -2.15. The van der Waals surface area contributed by atoms with Crippen molar-refractivity contribution >= 4 is 64.6 Å². The average Bonchev–Trinajstić information content (AvgIpc) is 3.52. The van der Waals surface area contributed by atoms with Gasteiger partial charge in [0.15, 0.2) is 0 Å². The van der Waals surface area contributed by atoms with Crippen LogP contribution in [-0.4, -0.2) is 0 Å². The number of hydrogen-bond acceptors (Lipinski definition) is 0. The van der Waals surface area contributed by atoms with Gasteiger partial charge in [0.05, 0.1) is 0 Å². The lowest BCUT2D eigenvalue weighted by Gasteiger charge is -2.24. The van der Waals surface area contributed by atoms with Crippen LogP contribution in [-0.2, 0) is 5.41 Å². The molecule has 0 heteroatoms. The Balaban J connectivity index is 1.03. The van der Waals surface area contributed by atoms with Crippen molar-refractivity contribution in [2.24, 2.45) is 0 Å². The molecule has 0 nitrogen and oxygen atoms in total. The SMILES string of the molecule is CC1(C)c2ccc3ccccc3c2-c2c1c1ccc(-c3ccc(-c4c5ccccc5c(-c5cccc6ccccc56)c5ccccc45)cc3)cc1c1ccccc21. The highest BCUT2D eigenvalue weighted by molar-refractivity contribution is 6.24. The van der Waals surface area contributed by atoms with Crippen LogP contribution >= 0.6 is 0 Å². The van der Waals surface area contributed by atoms with Crippen molar-refractivity contribution in [2.75, 3.05) is 0 Å². The van der Waals surface area contributed by atoms with E-state index in [1.54, 1.807) is 0 Å². The quantitative estimate of drug-likeness (QED) is 0.126. The molecule has 0 unspecified atom stereocenters. The van der Waals surface area contributed by atoms with E-state index in [1.807, 2.05) is 0 Å². The molecule has 12 rings (SSSR count). The molecule has 57 heavy (non-hydrogen) atoms. The molecule has 266 valence electrons. The molecule has 1 aliphatic carbocycles. The fourth-order valence-corrected chi connectivity index (χ4v) is 10.5. The van der Waals surface area contributed by atoms with Crippen molar-refractivity contribution in [3.8, 4) is 44.5 Å². The van der Waals surface area contributed by atoms with E-state index >= 15 is 0 Å². The molecular formula is C57H38. The van der Waals surface area contributed by atoms with E-state index in [2.05, 4.69) is 208 Å². The van der Waals surface area contributed by atoms with E-state index in [-0.39, 0.29) is 5.41 Å². The van der Waals surface area contributed by atoms with Gasteiger partial charge in [-0.25, -0.2) is 0 Å². The summed E-state index contributed by atoms with van der Waals surface area (Å²) in [5.74, 6) is 0. The Labute approximate surface area is 332 Å². The first-order valence-corrected chi connectivity index (χ1v) is 20.1. The molecule has 0 bridgehead atoms. The fraction of sp³-hybridized carbons (Fsp3) is 0.0526. The third-order valence-electron chi connectivity index (χ3n) is 13.0. The van der Waals surface area contributed by atoms with E-state index in [0.29, 0.717) is 0 Å². The molecule has 0 aromatic heterocycles. The minimum absolute atomic E-state index is 0.130. The molecule has 0 atom stereocenters. The minimum atomic E-state index is -0.130. The fourth-order valence-electron chi connectivity index (χ4n) is 10.5. The molecule has 11 aromatic carbocycles. The summed E-state index contributed by atoms with van der Waals surface area (Å²) < 4.78 is 0. The van der Waals surface area contributed by atoms with E-state index in [4.69, 9.17) is 0 Å². The highest BCUT2D eigenvalue weighted by atomic mass is 14.4. The van der Waals surface area contributed by atoms with Gasteiger partial charge in [-0.1, -0.05) is 202 Å². The molecule has 0 aliphatic heterocycles. The number of hydrogen-bond donors (Lipinski definition) is 0. The van der Waals surface area contributed by atoms with E-state index < -0.39 is 0 Å². The lowest BCUT2D eigenvalue weighted by molar-refractivity contribution is 0.667. The summed E-state index contributed by atoms with van der Waals surface area (Å²) in [5, 5.41) is 15.6. The van der Waals surface area contributed by atoms with Crippen molar-refractivity contribution in [3.05, 3.63) is 205 Å². The maximum absolute atomic E-state index is 2.44. The predicted octanol–water partition coefficient (Wildman–Crippen LogP) is 15.9. The highest BCUT2D eigenvalue weighted by Crippen LogP contribution is 2.56. The zero-order valence-electron chi connectivity index (χ0n) is 32.0. The zero-order valence-corrected chi connectivity index (χ0v) is 32.0. The second-order valence-corrected chi connectivity index (χ2v) is 16.3. The first-order valence-electron chi connectivity index (χ1n) is 20.1. The second kappa shape index (κ2) is 12.0. The molecule has 0 saturated carbocycles. The summed E-state index contributed by atoms with van der Waals surface area (Å²) in [6, 6.07) is 72.4. The molecular weight excluding hydrogens is 685 g/mol. The van der Waals surface area contributed by atoms with Gasteiger partial charge in [0, 0.05) is 5.41 Å². The normalized spacial score (nSPS) is 13.2. The van der Waals surface area contributed by atoms with Gasteiger partial charge in [0.1, 0.15) is 0 Å². The summed E-state index contributed by atoms with van der Waals surface area (Å²) >= 11 is 0. The second-order valence-electron chi connectivity index (χ2n) is 16.3. The molecule has 0 fully saturated rings. The molecule has 11 aromatic rings. The van der Waals surface area contributed by atoms with Crippen LogP contribution in [0.15, 0.2) is 194 Å².